The molecule has 1 N–H and O–H groups in total. The van der Waals surface area contributed by atoms with E-state index in [2.05, 4.69) is 9.97 Å². The van der Waals surface area contributed by atoms with Gasteiger partial charge >= 0.3 is 5.97 Å². The number of para-hydroxylation sites is 1. The van der Waals surface area contributed by atoms with E-state index in [-0.39, 0.29) is 0 Å². The second-order valence-corrected chi connectivity index (χ2v) is 5.32. The lowest BCUT2D eigenvalue weighted by molar-refractivity contribution is -0.141. The van der Waals surface area contributed by atoms with Crippen molar-refractivity contribution in [3.8, 4) is 11.4 Å². The number of hydrogen-bond acceptors (Lipinski definition) is 3. The summed E-state index contributed by atoms with van der Waals surface area (Å²) in [5, 5.41) is 10.1. The molecule has 1 atom stereocenters. The summed E-state index contributed by atoms with van der Waals surface area (Å²) in [5.74, 6) is -0.669. The monoisotopic (exact) mass is 292 g/mol. The van der Waals surface area contributed by atoms with Crippen LogP contribution in [-0.2, 0) is 11.2 Å². The number of carbonyl (C=O) groups is 1. The van der Waals surface area contributed by atoms with E-state index in [1.807, 2.05) is 54.6 Å². The maximum absolute atomic E-state index is 11.2. The van der Waals surface area contributed by atoms with E-state index in [4.69, 9.17) is 5.11 Å². The minimum absolute atomic E-state index is 0.387. The van der Waals surface area contributed by atoms with Crippen LogP contribution in [0.25, 0.3) is 22.3 Å². The maximum Gasteiger partial charge on any atom is 0.306 e. The van der Waals surface area contributed by atoms with E-state index < -0.39 is 11.9 Å². The van der Waals surface area contributed by atoms with Gasteiger partial charge in [-0.1, -0.05) is 55.5 Å². The fraction of sp³-hybridized carbons (Fsp3) is 0.167. The van der Waals surface area contributed by atoms with Crippen LogP contribution in [-0.4, -0.2) is 21.0 Å². The first-order chi connectivity index (χ1) is 10.6. The van der Waals surface area contributed by atoms with E-state index >= 15 is 0 Å². The molecule has 0 unspecified atom stereocenters. The third kappa shape index (κ3) is 2.81. The Labute approximate surface area is 128 Å². The SMILES string of the molecule is C[C@H](Cc1nc(-c2ccccc2)nc2ccccc12)C(=O)O. The summed E-state index contributed by atoms with van der Waals surface area (Å²) in [6.45, 7) is 1.70. The number of fused-ring (bicyclic) bond motifs is 1. The van der Waals surface area contributed by atoms with Crippen LogP contribution in [0.3, 0.4) is 0 Å². The zero-order chi connectivity index (χ0) is 15.5. The highest BCUT2D eigenvalue weighted by molar-refractivity contribution is 5.83. The van der Waals surface area contributed by atoms with Gasteiger partial charge in [0.2, 0.25) is 0 Å². The third-order valence-corrected chi connectivity index (χ3v) is 3.64. The van der Waals surface area contributed by atoms with Crippen LogP contribution in [0.4, 0.5) is 0 Å². The molecule has 0 amide bonds. The lowest BCUT2D eigenvalue weighted by Crippen LogP contribution is -2.14. The molecule has 0 aliphatic rings. The molecular formula is C18H16N2O2. The Hall–Kier alpha value is -2.75. The largest absolute Gasteiger partial charge is 0.481 e. The first-order valence-corrected chi connectivity index (χ1v) is 7.19. The number of benzene rings is 2. The minimum Gasteiger partial charge on any atom is -0.481 e. The molecule has 1 heterocycles. The predicted molar refractivity (Wildman–Crippen MR) is 85.5 cm³/mol. The fourth-order valence-corrected chi connectivity index (χ4v) is 2.39. The summed E-state index contributed by atoms with van der Waals surface area (Å²) >= 11 is 0. The van der Waals surface area contributed by atoms with Crippen LogP contribution in [0.5, 0.6) is 0 Å². The fourth-order valence-electron chi connectivity index (χ4n) is 2.39. The Kier molecular flexibility index (Phi) is 3.83. The molecule has 22 heavy (non-hydrogen) atoms. The average molecular weight is 292 g/mol. The quantitative estimate of drug-likeness (QED) is 0.798. The van der Waals surface area contributed by atoms with Crippen molar-refractivity contribution in [2.24, 2.45) is 5.92 Å². The van der Waals surface area contributed by atoms with Crippen LogP contribution < -0.4 is 0 Å². The predicted octanol–water partition coefficient (Wildman–Crippen LogP) is 3.56. The maximum atomic E-state index is 11.2. The Morgan fingerprint density at radius 3 is 2.45 bits per heavy atom. The van der Waals surface area contributed by atoms with Crippen LogP contribution in [0, 0.1) is 5.92 Å². The van der Waals surface area contributed by atoms with E-state index in [0.717, 1.165) is 22.2 Å². The summed E-state index contributed by atoms with van der Waals surface area (Å²) in [4.78, 5) is 20.4. The zero-order valence-electron chi connectivity index (χ0n) is 12.2. The van der Waals surface area contributed by atoms with Gasteiger partial charge in [0.05, 0.1) is 17.1 Å². The summed E-state index contributed by atoms with van der Waals surface area (Å²) in [7, 11) is 0. The van der Waals surface area contributed by atoms with Gasteiger partial charge in [0, 0.05) is 17.4 Å². The summed E-state index contributed by atoms with van der Waals surface area (Å²) in [5.41, 5.74) is 2.54. The van der Waals surface area contributed by atoms with E-state index in [1.165, 1.54) is 0 Å². The van der Waals surface area contributed by atoms with Gasteiger partial charge in [-0.3, -0.25) is 4.79 Å². The number of carboxylic acid groups (broad SMARTS) is 1. The lowest BCUT2D eigenvalue weighted by atomic mass is 10.0. The third-order valence-electron chi connectivity index (χ3n) is 3.64. The first-order valence-electron chi connectivity index (χ1n) is 7.19. The Balaban J connectivity index is 2.14. The number of hydrogen-bond donors (Lipinski definition) is 1. The highest BCUT2D eigenvalue weighted by atomic mass is 16.4. The minimum atomic E-state index is -0.816. The van der Waals surface area contributed by atoms with Gasteiger partial charge in [-0.2, -0.15) is 0 Å². The van der Waals surface area contributed by atoms with Crippen molar-refractivity contribution in [1.82, 2.24) is 9.97 Å². The lowest BCUT2D eigenvalue weighted by Gasteiger charge is -2.11. The van der Waals surface area contributed by atoms with E-state index in [0.29, 0.717) is 12.2 Å². The molecule has 0 radical (unpaired) electrons. The van der Waals surface area contributed by atoms with Crippen molar-refractivity contribution in [3.05, 3.63) is 60.3 Å². The van der Waals surface area contributed by atoms with Gasteiger partial charge in [-0.25, -0.2) is 9.97 Å². The van der Waals surface area contributed by atoms with Crippen molar-refractivity contribution in [2.75, 3.05) is 0 Å². The molecule has 1 aromatic heterocycles. The van der Waals surface area contributed by atoms with Gasteiger partial charge in [-0.15, -0.1) is 0 Å². The first kappa shape index (κ1) is 14.2. The smallest absolute Gasteiger partial charge is 0.306 e. The molecule has 0 saturated carbocycles. The Bertz CT molecular complexity index is 816. The average Bonchev–Trinajstić information content (AvgIpc) is 2.55. The van der Waals surface area contributed by atoms with Crippen LogP contribution in [0.1, 0.15) is 12.6 Å². The molecule has 2 aromatic carbocycles. The number of nitrogens with zero attached hydrogens (tertiary/aromatic N) is 2. The molecule has 0 saturated heterocycles. The summed E-state index contributed by atoms with van der Waals surface area (Å²) < 4.78 is 0. The van der Waals surface area contributed by atoms with Gasteiger partial charge in [0.1, 0.15) is 0 Å². The number of rotatable bonds is 4. The van der Waals surface area contributed by atoms with Crippen molar-refractivity contribution in [2.45, 2.75) is 13.3 Å². The number of aromatic nitrogens is 2. The van der Waals surface area contributed by atoms with Gasteiger partial charge in [0.25, 0.3) is 0 Å². The molecule has 0 fully saturated rings. The van der Waals surface area contributed by atoms with E-state index in [1.54, 1.807) is 6.92 Å². The molecule has 3 aromatic rings. The van der Waals surface area contributed by atoms with Gasteiger partial charge < -0.3 is 5.11 Å². The zero-order valence-corrected chi connectivity index (χ0v) is 12.2. The highest BCUT2D eigenvalue weighted by Crippen LogP contribution is 2.23. The summed E-state index contributed by atoms with van der Waals surface area (Å²) in [6.07, 6.45) is 0.387. The van der Waals surface area contributed by atoms with Crippen LogP contribution in [0.15, 0.2) is 54.6 Å². The molecule has 0 aliphatic carbocycles. The van der Waals surface area contributed by atoms with Crippen molar-refractivity contribution in [3.63, 3.8) is 0 Å². The van der Waals surface area contributed by atoms with Gasteiger partial charge in [-0.05, 0) is 6.07 Å². The standard InChI is InChI=1S/C18H16N2O2/c1-12(18(21)22)11-16-14-9-5-6-10-15(14)19-17(20-16)13-7-3-2-4-8-13/h2-10,12H,11H2,1H3,(H,21,22)/t12-/m1/s1. The molecule has 110 valence electrons. The van der Waals surface area contributed by atoms with Crippen LogP contribution in [0.2, 0.25) is 0 Å². The van der Waals surface area contributed by atoms with Crippen molar-refractivity contribution in [1.29, 1.82) is 0 Å². The Morgan fingerprint density at radius 2 is 1.73 bits per heavy atom. The second-order valence-electron chi connectivity index (χ2n) is 5.32. The van der Waals surface area contributed by atoms with Gasteiger partial charge in [0.15, 0.2) is 5.82 Å². The highest BCUT2D eigenvalue weighted by Gasteiger charge is 2.16. The van der Waals surface area contributed by atoms with Crippen molar-refractivity contribution >= 4 is 16.9 Å². The number of carboxylic acids is 1. The molecule has 0 spiro atoms. The second kappa shape index (κ2) is 5.93. The molecule has 0 aliphatic heterocycles. The summed E-state index contributed by atoms with van der Waals surface area (Å²) in [6, 6.07) is 17.4. The molecule has 4 heteroatoms. The molecule has 0 bridgehead atoms. The van der Waals surface area contributed by atoms with Crippen molar-refractivity contribution < 1.29 is 9.90 Å². The molecule has 4 nitrogen and oxygen atoms in total. The molecule has 3 rings (SSSR count). The Morgan fingerprint density at radius 1 is 1.05 bits per heavy atom. The van der Waals surface area contributed by atoms with E-state index in [9.17, 15) is 4.79 Å². The number of aliphatic carboxylic acids is 1. The van der Waals surface area contributed by atoms with Crippen LogP contribution >= 0.6 is 0 Å². The topological polar surface area (TPSA) is 63.1 Å². The molecular weight excluding hydrogens is 276 g/mol. The normalized spacial score (nSPS) is 12.2.